The van der Waals surface area contributed by atoms with E-state index in [-0.39, 0.29) is 12.2 Å². The number of ether oxygens (including phenoxy) is 1. The number of pyridine rings is 1. The first-order valence-corrected chi connectivity index (χ1v) is 5.76. The van der Waals surface area contributed by atoms with Gasteiger partial charge < -0.3 is 10.5 Å². The smallest absolute Gasteiger partial charge is 0.459 e. The van der Waals surface area contributed by atoms with Gasteiger partial charge in [0.25, 0.3) is 0 Å². The van der Waals surface area contributed by atoms with E-state index in [0.717, 1.165) is 10.8 Å². The summed E-state index contributed by atoms with van der Waals surface area (Å²) in [6.07, 6.45) is -4.92. The standard InChI is InChI=1S/C13H11F3N2O2/c14-13(15,16)12(19)20-6-5-10-9-4-2-1-3-8(9)7-11(17)18-10/h1-4,7H,5-6H2,(H2,17,18). The van der Waals surface area contributed by atoms with Gasteiger partial charge >= 0.3 is 12.1 Å². The monoisotopic (exact) mass is 284 g/mol. The lowest BCUT2D eigenvalue weighted by Gasteiger charge is -2.09. The molecule has 0 aliphatic carbocycles. The van der Waals surface area contributed by atoms with Gasteiger partial charge in [0.1, 0.15) is 5.82 Å². The number of nitrogens with zero attached hydrogens (tertiary/aromatic N) is 1. The average molecular weight is 284 g/mol. The second-order valence-electron chi connectivity index (χ2n) is 4.10. The number of rotatable bonds is 3. The van der Waals surface area contributed by atoms with Crippen LogP contribution in [0.15, 0.2) is 30.3 Å². The predicted octanol–water partition coefficient (Wildman–Crippen LogP) is 2.47. The van der Waals surface area contributed by atoms with Crippen molar-refractivity contribution < 1.29 is 22.7 Å². The van der Waals surface area contributed by atoms with Crippen LogP contribution in [-0.4, -0.2) is 23.7 Å². The maximum absolute atomic E-state index is 12.0. The lowest BCUT2D eigenvalue weighted by molar-refractivity contribution is -0.199. The molecule has 1 heterocycles. The van der Waals surface area contributed by atoms with Crippen LogP contribution in [0, 0.1) is 0 Å². The van der Waals surface area contributed by atoms with Gasteiger partial charge in [0.2, 0.25) is 0 Å². The number of aromatic nitrogens is 1. The highest BCUT2D eigenvalue weighted by Gasteiger charge is 2.40. The van der Waals surface area contributed by atoms with Crippen molar-refractivity contribution in [3.8, 4) is 0 Å². The Kier molecular flexibility index (Phi) is 3.78. The lowest BCUT2D eigenvalue weighted by Crippen LogP contribution is -2.26. The van der Waals surface area contributed by atoms with Gasteiger partial charge in [-0.15, -0.1) is 0 Å². The first-order chi connectivity index (χ1) is 9.38. The molecule has 0 atom stereocenters. The highest BCUT2D eigenvalue weighted by molar-refractivity contribution is 5.86. The van der Waals surface area contributed by atoms with Crippen LogP contribution in [0.2, 0.25) is 0 Å². The molecule has 0 fully saturated rings. The zero-order chi connectivity index (χ0) is 14.8. The zero-order valence-electron chi connectivity index (χ0n) is 10.3. The van der Waals surface area contributed by atoms with E-state index in [1.807, 2.05) is 12.1 Å². The van der Waals surface area contributed by atoms with Gasteiger partial charge in [0, 0.05) is 11.8 Å². The number of hydrogen-bond donors (Lipinski definition) is 1. The highest BCUT2D eigenvalue weighted by Crippen LogP contribution is 2.21. The quantitative estimate of drug-likeness (QED) is 0.879. The topological polar surface area (TPSA) is 65.2 Å². The number of benzene rings is 1. The minimum absolute atomic E-state index is 0.0629. The third-order valence-electron chi connectivity index (χ3n) is 2.64. The summed E-state index contributed by atoms with van der Waals surface area (Å²) in [7, 11) is 0. The Morgan fingerprint density at radius 2 is 2.00 bits per heavy atom. The molecule has 0 saturated heterocycles. The lowest BCUT2D eigenvalue weighted by atomic mass is 10.1. The normalized spacial score (nSPS) is 11.6. The van der Waals surface area contributed by atoms with Crippen LogP contribution in [0.1, 0.15) is 5.69 Å². The van der Waals surface area contributed by atoms with E-state index in [1.165, 1.54) is 0 Å². The predicted molar refractivity (Wildman–Crippen MR) is 66.9 cm³/mol. The Morgan fingerprint density at radius 1 is 1.30 bits per heavy atom. The second-order valence-corrected chi connectivity index (χ2v) is 4.10. The Balaban J connectivity index is 2.12. The van der Waals surface area contributed by atoms with Crippen LogP contribution in [0.4, 0.5) is 19.0 Å². The van der Waals surface area contributed by atoms with Gasteiger partial charge in [-0.2, -0.15) is 13.2 Å². The Morgan fingerprint density at radius 3 is 2.70 bits per heavy atom. The summed E-state index contributed by atoms with van der Waals surface area (Å²) in [6.45, 7) is -0.404. The first-order valence-electron chi connectivity index (χ1n) is 5.76. The molecule has 2 aromatic rings. The Bertz CT molecular complexity index is 641. The summed E-state index contributed by atoms with van der Waals surface area (Å²) in [5.41, 5.74) is 6.12. The van der Waals surface area contributed by atoms with Crippen molar-refractivity contribution in [3.05, 3.63) is 36.0 Å². The van der Waals surface area contributed by atoms with E-state index in [4.69, 9.17) is 5.73 Å². The summed E-state index contributed by atoms with van der Waals surface area (Å²) in [6, 6.07) is 8.86. The number of fused-ring (bicyclic) bond motifs is 1. The van der Waals surface area contributed by atoms with Gasteiger partial charge in [0.05, 0.1) is 12.3 Å². The molecular formula is C13H11F3N2O2. The van der Waals surface area contributed by atoms with Gasteiger partial charge in [0.15, 0.2) is 0 Å². The van der Waals surface area contributed by atoms with Crippen molar-refractivity contribution in [2.24, 2.45) is 0 Å². The number of carbonyl (C=O) groups excluding carboxylic acids is 1. The van der Waals surface area contributed by atoms with E-state index in [0.29, 0.717) is 5.69 Å². The van der Waals surface area contributed by atoms with Crippen LogP contribution in [0.3, 0.4) is 0 Å². The average Bonchev–Trinajstić information content (AvgIpc) is 2.37. The van der Waals surface area contributed by atoms with E-state index < -0.39 is 18.8 Å². The van der Waals surface area contributed by atoms with E-state index in [9.17, 15) is 18.0 Å². The van der Waals surface area contributed by atoms with E-state index >= 15 is 0 Å². The third kappa shape index (κ3) is 3.17. The summed E-state index contributed by atoms with van der Waals surface area (Å²) in [5.74, 6) is -1.94. The summed E-state index contributed by atoms with van der Waals surface area (Å²) in [5, 5.41) is 1.60. The van der Waals surface area contributed by atoms with E-state index in [1.54, 1.807) is 18.2 Å². The van der Waals surface area contributed by atoms with Crippen LogP contribution in [0.5, 0.6) is 0 Å². The number of halogens is 3. The number of esters is 1. The molecule has 1 aromatic heterocycles. The van der Waals surface area contributed by atoms with Gasteiger partial charge in [-0.25, -0.2) is 9.78 Å². The highest BCUT2D eigenvalue weighted by atomic mass is 19.4. The summed E-state index contributed by atoms with van der Waals surface area (Å²) >= 11 is 0. The van der Waals surface area contributed by atoms with Gasteiger partial charge in [-0.1, -0.05) is 24.3 Å². The molecule has 2 N–H and O–H groups in total. The largest absolute Gasteiger partial charge is 0.490 e. The molecular weight excluding hydrogens is 273 g/mol. The number of hydrogen-bond acceptors (Lipinski definition) is 4. The van der Waals surface area contributed by atoms with Crippen molar-refractivity contribution >= 4 is 22.6 Å². The zero-order valence-corrected chi connectivity index (χ0v) is 10.3. The maximum atomic E-state index is 12.0. The molecule has 0 saturated carbocycles. The first kappa shape index (κ1) is 14.1. The molecule has 7 heteroatoms. The summed E-state index contributed by atoms with van der Waals surface area (Å²) < 4.78 is 40.1. The number of alkyl halides is 3. The molecule has 0 radical (unpaired) electrons. The van der Waals surface area contributed by atoms with Gasteiger partial charge in [-0.3, -0.25) is 0 Å². The molecule has 20 heavy (non-hydrogen) atoms. The Hall–Kier alpha value is -2.31. The molecule has 0 aliphatic heterocycles. The fourth-order valence-electron chi connectivity index (χ4n) is 1.81. The number of nitrogen functional groups attached to an aromatic ring is 1. The van der Waals surface area contributed by atoms with E-state index in [2.05, 4.69) is 9.72 Å². The van der Waals surface area contributed by atoms with Crippen LogP contribution in [0.25, 0.3) is 10.8 Å². The van der Waals surface area contributed by atoms with Crippen molar-refractivity contribution in [1.29, 1.82) is 0 Å². The molecule has 106 valence electrons. The maximum Gasteiger partial charge on any atom is 0.490 e. The molecule has 0 spiro atoms. The second kappa shape index (κ2) is 5.36. The van der Waals surface area contributed by atoms with Crippen LogP contribution < -0.4 is 5.73 Å². The minimum Gasteiger partial charge on any atom is -0.459 e. The van der Waals surface area contributed by atoms with Crippen molar-refractivity contribution in [3.63, 3.8) is 0 Å². The fourth-order valence-corrected chi connectivity index (χ4v) is 1.81. The SMILES string of the molecule is Nc1cc2ccccc2c(CCOC(=O)C(F)(F)F)n1. The van der Waals surface area contributed by atoms with Crippen LogP contribution >= 0.6 is 0 Å². The molecule has 1 aromatic carbocycles. The van der Waals surface area contributed by atoms with Crippen molar-refractivity contribution in [2.45, 2.75) is 12.6 Å². The number of anilines is 1. The number of nitrogens with two attached hydrogens (primary N) is 1. The molecule has 0 aliphatic rings. The molecule has 0 unspecified atom stereocenters. The molecule has 0 bridgehead atoms. The van der Waals surface area contributed by atoms with Crippen LogP contribution in [-0.2, 0) is 16.0 Å². The summed E-state index contributed by atoms with van der Waals surface area (Å²) in [4.78, 5) is 14.7. The molecule has 4 nitrogen and oxygen atoms in total. The van der Waals surface area contributed by atoms with Crippen molar-refractivity contribution in [1.82, 2.24) is 4.98 Å². The fraction of sp³-hybridized carbons (Fsp3) is 0.231. The molecule has 2 rings (SSSR count). The van der Waals surface area contributed by atoms with Crippen molar-refractivity contribution in [2.75, 3.05) is 12.3 Å². The minimum atomic E-state index is -4.98. The molecule has 0 amide bonds. The Labute approximate surface area is 112 Å². The van der Waals surface area contributed by atoms with Gasteiger partial charge in [-0.05, 0) is 11.5 Å². The third-order valence-corrected chi connectivity index (χ3v) is 2.64. The number of carbonyl (C=O) groups is 1.